The molecule has 0 aliphatic carbocycles. The Bertz CT molecular complexity index is 1380. The van der Waals surface area contributed by atoms with Gasteiger partial charge in [-0.25, -0.2) is 0 Å². The lowest BCUT2D eigenvalue weighted by Crippen LogP contribution is -2.45. The van der Waals surface area contributed by atoms with E-state index < -0.39 is 12.1 Å². The lowest BCUT2D eigenvalue weighted by Gasteiger charge is -2.19. The maximum atomic E-state index is 12.5. The third-order valence-electron chi connectivity index (χ3n) is 16.9. The SMILES string of the molecule is CCCCCCC/C=C\C/C=C\C/C=C\CCCCCCCCCCCCCCCCCCCCCCCCCCCCC(=O)NC(CO)C(O)/C=C/CC/C=C/CC/C=C/CCCCCCCCCCCCCCCCCCCC. The predicted molar refractivity (Wildman–Crippen MR) is 364 cm³/mol. The first-order chi connectivity index (χ1) is 40.2. The van der Waals surface area contributed by atoms with Crippen molar-refractivity contribution in [3.63, 3.8) is 0 Å². The zero-order valence-electron chi connectivity index (χ0n) is 54.8. The van der Waals surface area contributed by atoms with Crippen LogP contribution in [0.2, 0.25) is 0 Å². The first-order valence-electron chi connectivity index (χ1n) is 36.7. The number of hydrogen-bond acceptors (Lipinski definition) is 3. The number of rotatable bonds is 68. The number of carbonyl (C=O) groups is 1. The summed E-state index contributed by atoms with van der Waals surface area (Å²) in [7, 11) is 0. The Morgan fingerprint density at radius 3 is 0.802 bits per heavy atom. The smallest absolute Gasteiger partial charge is 0.220 e. The third-order valence-corrected chi connectivity index (χ3v) is 16.9. The molecule has 0 aromatic carbocycles. The Morgan fingerprint density at radius 1 is 0.296 bits per heavy atom. The standard InChI is InChI=1S/C77H143NO3/c1-3-5-7-9-11-13-15-17-19-21-23-25-27-29-31-33-34-35-36-37-38-39-40-41-42-43-44-45-47-49-51-53-55-57-59-61-63-65-67-69-71-73-77(81)78-75(74-79)76(80)72-70-68-66-64-62-60-58-56-54-52-50-48-46-32-30-28-26-24-22-20-18-16-14-12-10-8-6-4-2/h15,17,21,23,27,29,54,56,62,64,70,72,75-76,79-80H,3-14,16,18-20,22,24-26,28,30-53,55,57-61,63,65-69,71,73-74H2,1-2H3,(H,78,81)/b17-15-,23-21-,29-27-,56-54+,64-62+,72-70+. The number of hydrogen-bond donors (Lipinski definition) is 3. The number of aliphatic hydroxyl groups is 2. The molecule has 0 aromatic rings. The van der Waals surface area contributed by atoms with Gasteiger partial charge in [-0.15, -0.1) is 0 Å². The molecule has 474 valence electrons. The summed E-state index contributed by atoms with van der Waals surface area (Å²) < 4.78 is 0. The Hall–Kier alpha value is -2.17. The number of amides is 1. The maximum absolute atomic E-state index is 12.5. The molecule has 0 heterocycles. The van der Waals surface area contributed by atoms with E-state index in [4.69, 9.17) is 0 Å². The van der Waals surface area contributed by atoms with Gasteiger partial charge in [0.2, 0.25) is 5.91 Å². The van der Waals surface area contributed by atoms with Crippen LogP contribution in [0.15, 0.2) is 72.9 Å². The van der Waals surface area contributed by atoms with Crippen molar-refractivity contribution >= 4 is 5.91 Å². The molecule has 0 aliphatic heterocycles. The molecule has 0 rings (SSSR count). The Morgan fingerprint density at radius 2 is 0.519 bits per heavy atom. The van der Waals surface area contributed by atoms with E-state index >= 15 is 0 Å². The lowest BCUT2D eigenvalue weighted by molar-refractivity contribution is -0.123. The summed E-state index contributed by atoms with van der Waals surface area (Å²) in [5, 5.41) is 23.3. The van der Waals surface area contributed by atoms with Crippen LogP contribution in [0.25, 0.3) is 0 Å². The molecule has 0 aromatic heterocycles. The molecule has 81 heavy (non-hydrogen) atoms. The molecule has 4 heteroatoms. The lowest BCUT2D eigenvalue weighted by atomic mass is 10.0. The van der Waals surface area contributed by atoms with Gasteiger partial charge in [-0.05, 0) is 83.5 Å². The first-order valence-corrected chi connectivity index (χ1v) is 36.7. The fourth-order valence-corrected chi connectivity index (χ4v) is 11.3. The third kappa shape index (κ3) is 68.5. The molecule has 2 atom stereocenters. The highest BCUT2D eigenvalue weighted by atomic mass is 16.3. The number of carbonyl (C=O) groups excluding carboxylic acids is 1. The summed E-state index contributed by atoms with van der Waals surface area (Å²) >= 11 is 0. The zero-order valence-corrected chi connectivity index (χ0v) is 54.8. The van der Waals surface area contributed by atoms with Gasteiger partial charge >= 0.3 is 0 Å². The second-order valence-electron chi connectivity index (χ2n) is 25.0. The maximum Gasteiger partial charge on any atom is 0.220 e. The number of allylic oxidation sites excluding steroid dienone is 11. The molecule has 0 saturated carbocycles. The molecule has 0 spiro atoms. The van der Waals surface area contributed by atoms with Crippen molar-refractivity contribution < 1.29 is 15.0 Å². The van der Waals surface area contributed by atoms with Crippen LogP contribution in [0.5, 0.6) is 0 Å². The van der Waals surface area contributed by atoms with E-state index in [1.807, 2.05) is 6.08 Å². The molecule has 1 amide bonds. The van der Waals surface area contributed by atoms with Gasteiger partial charge in [0.05, 0.1) is 18.8 Å². The molecule has 2 unspecified atom stereocenters. The van der Waals surface area contributed by atoms with E-state index in [0.717, 1.165) is 51.4 Å². The molecular weight excluding hydrogens is 987 g/mol. The average molecular weight is 1130 g/mol. The molecule has 0 fully saturated rings. The fraction of sp³-hybridized carbons (Fsp3) is 0.831. The number of unbranched alkanes of at least 4 members (excludes halogenated alkanes) is 51. The second-order valence-corrected chi connectivity index (χ2v) is 25.0. The molecule has 0 aliphatic rings. The highest BCUT2D eigenvalue weighted by Crippen LogP contribution is 2.19. The highest BCUT2D eigenvalue weighted by molar-refractivity contribution is 5.76. The van der Waals surface area contributed by atoms with Crippen LogP contribution in [-0.4, -0.2) is 34.9 Å². The van der Waals surface area contributed by atoms with Crippen molar-refractivity contribution in [2.24, 2.45) is 0 Å². The van der Waals surface area contributed by atoms with Crippen LogP contribution in [0.4, 0.5) is 0 Å². The minimum atomic E-state index is -0.873. The normalized spacial score (nSPS) is 13.1. The van der Waals surface area contributed by atoms with E-state index in [-0.39, 0.29) is 12.5 Å². The molecule has 3 N–H and O–H groups in total. The zero-order chi connectivity index (χ0) is 58.4. The molecular formula is C77H143NO3. The molecule has 0 saturated heterocycles. The van der Waals surface area contributed by atoms with Gasteiger partial charge in [-0.2, -0.15) is 0 Å². The van der Waals surface area contributed by atoms with Gasteiger partial charge in [0.25, 0.3) is 0 Å². The van der Waals surface area contributed by atoms with Crippen LogP contribution in [0.3, 0.4) is 0 Å². The van der Waals surface area contributed by atoms with Crippen molar-refractivity contribution in [3.8, 4) is 0 Å². The summed E-state index contributed by atoms with van der Waals surface area (Å²) in [6.07, 6.45) is 104. The minimum absolute atomic E-state index is 0.0716. The highest BCUT2D eigenvalue weighted by Gasteiger charge is 2.18. The molecule has 0 bridgehead atoms. The minimum Gasteiger partial charge on any atom is -0.394 e. The Balaban J connectivity index is 3.45. The first kappa shape index (κ1) is 78.8. The van der Waals surface area contributed by atoms with Gasteiger partial charge in [0.1, 0.15) is 0 Å². The van der Waals surface area contributed by atoms with E-state index in [9.17, 15) is 15.0 Å². The summed E-state index contributed by atoms with van der Waals surface area (Å²) in [5.41, 5.74) is 0. The van der Waals surface area contributed by atoms with Gasteiger partial charge in [-0.1, -0.05) is 376 Å². The Labute approximate surface area is 508 Å². The van der Waals surface area contributed by atoms with E-state index in [1.54, 1.807) is 6.08 Å². The fourth-order valence-electron chi connectivity index (χ4n) is 11.3. The summed E-state index contributed by atoms with van der Waals surface area (Å²) in [4.78, 5) is 12.5. The van der Waals surface area contributed by atoms with Crippen LogP contribution < -0.4 is 5.32 Å². The van der Waals surface area contributed by atoms with Crippen molar-refractivity contribution in [1.29, 1.82) is 0 Å². The predicted octanol–water partition coefficient (Wildman–Crippen LogP) is 25.2. The van der Waals surface area contributed by atoms with Crippen molar-refractivity contribution in [3.05, 3.63) is 72.9 Å². The topological polar surface area (TPSA) is 69.6 Å². The van der Waals surface area contributed by atoms with E-state index in [2.05, 4.69) is 79.9 Å². The van der Waals surface area contributed by atoms with E-state index in [0.29, 0.717) is 6.42 Å². The quantitative estimate of drug-likeness (QED) is 0.0420. The van der Waals surface area contributed by atoms with Crippen LogP contribution in [-0.2, 0) is 4.79 Å². The Kier molecular flexibility index (Phi) is 70.2. The van der Waals surface area contributed by atoms with Gasteiger partial charge in [0, 0.05) is 6.42 Å². The van der Waals surface area contributed by atoms with Crippen molar-refractivity contribution in [2.75, 3.05) is 6.61 Å². The van der Waals surface area contributed by atoms with Crippen LogP contribution in [0.1, 0.15) is 393 Å². The summed E-state index contributed by atoms with van der Waals surface area (Å²) in [5.74, 6) is -0.0716. The van der Waals surface area contributed by atoms with Crippen molar-refractivity contribution in [1.82, 2.24) is 5.32 Å². The average Bonchev–Trinajstić information content (AvgIpc) is 3.47. The van der Waals surface area contributed by atoms with Crippen molar-refractivity contribution in [2.45, 2.75) is 405 Å². The molecule has 0 radical (unpaired) electrons. The summed E-state index contributed by atoms with van der Waals surface area (Å²) in [6, 6.07) is -0.648. The van der Waals surface area contributed by atoms with E-state index in [1.165, 1.54) is 321 Å². The molecule has 4 nitrogen and oxygen atoms in total. The second kappa shape index (κ2) is 72.1. The van der Waals surface area contributed by atoms with Crippen LogP contribution >= 0.6 is 0 Å². The summed E-state index contributed by atoms with van der Waals surface area (Å²) in [6.45, 7) is 4.32. The van der Waals surface area contributed by atoms with Gasteiger partial charge in [-0.3, -0.25) is 4.79 Å². The number of nitrogens with one attached hydrogen (secondary N) is 1. The van der Waals surface area contributed by atoms with Gasteiger partial charge in [0.15, 0.2) is 0 Å². The number of aliphatic hydroxyl groups excluding tert-OH is 2. The monoisotopic (exact) mass is 1130 g/mol. The largest absolute Gasteiger partial charge is 0.394 e. The van der Waals surface area contributed by atoms with Gasteiger partial charge < -0.3 is 15.5 Å². The van der Waals surface area contributed by atoms with Crippen LogP contribution in [0, 0.1) is 0 Å².